The van der Waals surface area contributed by atoms with Gasteiger partial charge in [-0.25, -0.2) is 0 Å². The van der Waals surface area contributed by atoms with Crippen molar-refractivity contribution in [3.63, 3.8) is 0 Å². The smallest absolute Gasteiger partial charge is 0.0110 e. The Morgan fingerprint density at radius 3 is 2.77 bits per heavy atom. The Kier molecular flexibility index (Phi) is 3.71. The minimum atomic E-state index is 0.608. The van der Waals surface area contributed by atoms with Gasteiger partial charge in [0, 0.05) is 6.54 Å². The number of benzene rings is 1. The van der Waals surface area contributed by atoms with E-state index in [-0.39, 0.29) is 0 Å². The van der Waals surface area contributed by atoms with E-state index in [0.717, 1.165) is 6.42 Å². The van der Waals surface area contributed by atoms with Gasteiger partial charge < -0.3 is 5.73 Å². The summed E-state index contributed by atoms with van der Waals surface area (Å²) in [5, 5.41) is 0. The van der Waals surface area contributed by atoms with Crippen LogP contribution >= 0.6 is 0 Å². The van der Waals surface area contributed by atoms with E-state index >= 15 is 0 Å². The lowest BCUT2D eigenvalue weighted by molar-refractivity contribution is 1.13. The van der Waals surface area contributed by atoms with Gasteiger partial charge in [-0.05, 0) is 24.5 Å². The second kappa shape index (κ2) is 4.83. The molecular weight excluding hydrogens is 158 g/mol. The van der Waals surface area contributed by atoms with Gasteiger partial charge in [0.2, 0.25) is 0 Å². The molecule has 0 spiro atoms. The number of nitrogens with two attached hydrogens (primary N) is 1. The van der Waals surface area contributed by atoms with E-state index in [9.17, 15) is 0 Å². The molecule has 0 bridgehead atoms. The molecule has 0 aliphatic carbocycles. The zero-order valence-electron chi connectivity index (χ0n) is 8.38. The lowest BCUT2D eigenvalue weighted by Gasteiger charge is -2.04. The minimum absolute atomic E-state index is 0.608. The van der Waals surface area contributed by atoms with E-state index in [1.807, 2.05) is 6.08 Å². The van der Waals surface area contributed by atoms with Crippen molar-refractivity contribution in [2.75, 3.05) is 6.54 Å². The summed E-state index contributed by atoms with van der Waals surface area (Å²) < 4.78 is 0. The zero-order valence-corrected chi connectivity index (χ0v) is 8.38. The van der Waals surface area contributed by atoms with Crippen LogP contribution in [-0.2, 0) is 6.42 Å². The van der Waals surface area contributed by atoms with E-state index in [0.29, 0.717) is 6.54 Å². The summed E-state index contributed by atoms with van der Waals surface area (Å²) in [5.74, 6) is 0. The highest BCUT2D eigenvalue weighted by Gasteiger charge is 1.96. The third-order valence-corrected chi connectivity index (χ3v) is 2.12. The van der Waals surface area contributed by atoms with Crippen LogP contribution in [0.2, 0.25) is 0 Å². The highest BCUT2D eigenvalue weighted by atomic mass is 14.5. The van der Waals surface area contributed by atoms with Crippen molar-refractivity contribution in [2.24, 2.45) is 5.73 Å². The second-order valence-corrected chi connectivity index (χ2v) is 3.19. The van der Waals surface area contributed by atoms with Crippen molar-refractivity contribution in [2.45, 2.75) is 20.3 Å². The van der Waals surface area contributed by atoms with Crippen molar-refractivity contribution in [3.8, 4) is 0 Å². The fourth-order valence-corrected chi connectivity index (χ4v) is 1.39. The van der Waals surface area contributed by atoms with Crippen LogP contribution in [0, 0.1) is 6.92 Å². The Morgan fingerprint density at radius 1 is 1.38 bits per heavy atom. The summed E-state index contributed by atoms with van der Waals surface area (Å²) in [6.45, 7) is 4.89. The van der Waals surface area contributed by atoms with Crippen LogP contribution in [0.4, 0.5) is 0 Å². The molecule has 0 atom stereocenters. The van der Waals surface area contributed by atoms with E-state index < -0.39 is 0 Å². The first-order chi connectivity index (χ1) is 6.27. The Balaban J connectivity index is 3.01. The topological polar surface area (TPSA) is 26.0 Å². The van der Waals surface area contributed by atoms with Crippen molar-refractivity contribution in [1.82, 2.24) is 0 Å². The molecule has 0 fully saturated rings. The predicted molar refractivity (Wildman–Crippen MR) is 58.6 cm³/mol. The summed E-state index contributed by atoms with van der Waals surface area (Å²) >= 11 is 0. The second-order valence-electron chi connectivity index (χ2n) is 3.19. The standard InChI is InChI=1S/C12H17N/c1-3-11-7-6-10(2)9-12(11)5-4-8-13/h4-7,9H,3,8,13H2,1-2H3/b5-4+. The zero-order chi connectivity index (χ0) is 9.68. The predicted octanol–water partition coefficient (Wildman–Crippen LogP) is 2.53. The van der Waals surface area contributed by atoms with E-state index in [4.69, 9.17) is 5.73 Å². The van der Waals surface area contributed by atoms with Crippen molar-refractivity contribution < 1.29 is 0 Å². The van der Waals surface area contributed by atoms with Crippen LogP contribution in [0.15, 0.2) is 24.3 Å². The van der Waals surface area contributed by atoms with Crippen LogP contribution in [0.3, 0.4) is 0 Å². The van der Waals surface area contributed by atoms with E-state index in [2.05, 4.69) is 38.1 Å². The maximum Gasteiger partial charge on any atom is 0.0110 e. The first-order valence-corrected chi connectivity index (χ1v) is 4.74. The number of hydrogen-bond acceptors (Lipinski definition) is 1. The fraction of sp³-hybridized carbons (Fsp3) is 0.333. The molecule has 2 N–H and O–H groups in total. The van der Waals surface area contributed by atoms with Crippen LogP contribution in [0.5, 0.6) is 0 Å². The molecule has 0 aliphatic heterocycles. The third-order valence-electron chi connectivity index (χ3n) is 2.12. The highest BCUT2D eigenvalue weighted by molar-refractivity contribution is 5.55. The van der Waals surface area contributed by atoms with Crippen LogP contribution in [0.1, 0.15) is 23.6 Å². The van der Waals surface area contributed by atoms with Gasteiger partial charge in [-0.15, -0.1) is 0 Å². The minimum Gasteiger partial charge on any atom is -0.327 e. The normalized spacial score (nSPS) is 11.0. The lowest BCUT2D eigenvalue weighted by Crippen LogP contribution is -1.93. The van der Waals surface area contributed by atoms with Gasteiger partial charge in [-0.2, -0.15) is 0 Å². The number of aryl methyl sites for hydroxylation is 2. The van der Waals surface area contributed by atoms with Crippen molar-refractivity contribution >= 4 is 6.08 Å². The summed E-state index contributed by atoms with van der Waals surface area (Å²) in [4.78, 5) is 0. The van der Waals surface area contributed by atoms with Crippen molar-refractivity contribution in [3.05, 3.63) is 41.0 Å². The third kappa shape index (κ3) is 2.71. The monoisotopic (exact) mass is 175 g/mol. The molecule has 1 heteroatoms. The molecule has 0 aliphatic rings. The number of hydrogen-bond donors (Lipinski definition) is 1. The SMILES string of the molecule is CCc1ccc(C)cc1/C=C/CN. The van der Waals surface area contributed by atoms with Crippen LogP contribution < -0.4 is 5.73 Å². The molecular formula is C12H17N. The molecule has 0 saturated heterocycles. The first kappa shape index (κ1) is 10.0. The van der Waals surface area contributed by atoms with E-state index in [1.165, 1.54) is 16.7 Å². The molecule has 70 valence electrons. The molecule has 0 saturated carbocycles. The molecule has 1 nitrogen and oxygen atoms in total. The molecule has 0 heterocycles. The van der Waals surface area contributed by atoms with Crippen molar-refractivity contribution in [1.29, 1.82) is 0 Å². The molecule has 1 aromatic rings. The summed E-state index contributed by atoms with van der Waals surface area (Å²) in [7, 11) is 0. The summed E-state index contributed by atoms with van der Waals surface area (Å²) in [6, 6.07) is 6.54. The summed E-state index contributed by atoms with van der Waals surface area (Å²) in [6.07, 6.45) is 5.17. The Bertz CT molecular complexity index is 300. The van der Waals surface area contributed by atoms with E-state index in [1.54, 1.807) is 0 Å². The molecule has 0 radical (unpaired) electrons. The van der Waals surface area contributed by atoms with Gasteiger partial charge in [0.1, 0.15) is 0 Å². The molecule has 0 aromatic heterocycles. The number of rotatable bonds is 3. The lowest BCUT2D eigenvalue weighted by atomic mass is 10.0. The van der Waals surface area contributed by atoms with Gasteiger partial charge >= 0.3 is 0 Å². The van der Waals surface area contributed by atoms with Gasteiger partial charge in [0.05, 0.1) is 0 Å². The largest absolute Gasteiger partial charge is 0.327 e. The van der Waals surface area contributed by atoms with Gasteiger partial charge in [0.25, 0.3) is 0 Å². The average Bonchev–Trinajstić information content (AvgIpc) is 2.15. The maximum atomic E-state index is 5.42. The fourth-order valence-electron chi connectivity index (χ4n) is 1.39. The maximum absolute atomic E-state index is 5.42. The quantitative estimate of drug-likeness (QED) is 0.750. The molecule has 1 aromatic carbocycles. The van der Waals surface area contributed by atoms with Crippen LogP contribution in [0.25, 0.3) is 6.08 Å². The first-order valence-electron chi connectivity index (χ1n) is 4.74. The molecule has 0 unspecified atom stereocenters. The summed E-state index contributed by atoms with van der Waals surface area (Å²) in [5.41, 5.74) is 9.40. The van der Waals surface area contributed by atoms with Gasteiger partial charge in [0.15, 0.2) is 0 Å². The average molecular weight is 175 g/mol. The Hall–Kier alpha value is -1.08. The molecule has 0 amide bonds. The van der Waals surface area contributed by atoms with Crippen LogP contribution in [-0.4, -0.2) is 6.54 Å². The van der Waals surface area contributed by atoms with Gasteiger partial charge in [-0.3, -0.25) is 0 Å². The Morgan fingerprint density at radius 2 is 2.15 bits per heavy atom. The van der Waals surface area contributed by atoms with Gasteiger partial charge in [-0.1, -0.05) is 42.8 Å². The Labute approximate surface area is 80.3 Å². The molecule has 13 heavy (non-hydrogen) atoms. The highest BCUT2D eigenvalue weighted by Crippen LogP contribution is 2.13. The molecule has 1 rings (SSSR count).